The van der Waals surface area contributed by atoms with Crippen LogP contribution in [0.4, 0.5) is 18.3 Å². The number of hydrogen-bond donors (Lipinski definition) is 0. The summed E-state index contributed by atoms with van der Waals surface area (Å²) in [5.74, 6) is 0.512. The monoisotopic (exact) mass is 294 g/mol. The van der Waals surface area contributed by atoms with Crippen LogP contribution in [0.2, 0.25) is 0 Å². The van der Waals surface area contributed by atoms with Crippen molar-refractivity contribution in [2.75, 3.05) is 31.2 Å². The lowest BCUT2D eigenvalue weighted by molar-refractivity contribution is -0.134. The Bertz CT molecular complexity index is 400. The minimum absolute atomic E-state index is 0.474. The molecule has 0 bridgehead atoms. The minimum atomic E-state index is -4.29. The maximum absolute atomic E-state index is 12.5. The summed E-state index contributed by atoms with van der Waals surface area (Å²) in [6.45, 7) is 4.92. The maximum atomic E-state index is 12.5. The predicted octanol–water partition coefficient (Wildman–Crippen LogP) is 3.41. The van der Waals surface area contributed by atoms with E-state index >= 15 is 0 Å². The molecule has 1 aliphatic heterocycles. The molecule has 0 amide bonds. The van der Waals surface area contributed by atoms with Gasteiger partial charge < -0.3 is 9.64 Å². The van der Waals surface area contributed by atoms with Gasteiger partial charge in [-0.2, -0.15) is 13.2 Å². The maximum Gasteiger partial charge on any atom is 0.427 e. The number of aromatic nitrogens is 1. The topological polar surface area (TPSA) is 25.4 Å². The zero-order valence-electron chi connectivity index (χ0n) is 10.7. The fraction of sp³-hybridized carbons (Fsp3) is 0.750. The fourth-order valence-electron chi connectivity index (χ4n) is 2.12. The quantitative estimate of drug-likeness (QED) is 0.851. The Morgan fingerprint density at radius 2 is 2.11 bits per heavy atom. The van der Waals surface area contributed by atoms with Crippen molar-refractivity contribution in [3.63, 3.8) is 0 Å². The standard InChI is InChI=1S/C12H17F3N2OS/c1-2-18-8-9-3-5-17(6-4-9)11-16-7-10(19-11)12(13,14)15/h7,9H,2-6,8H2,1H3. The van der Waals surface area contributed by atoms with Crippen LogP contribution in [-0.4, -0.2) is 31.3 Å². The summed E-state index contributed by atoms with van der Waals surface area (Å²) in [6.07, 6.45) is -1.47. The highest BCUT2D eigenvalue weighted by Crippen LogP contribution is 2.37. The number of hydrogen-bond acceptors (Lipinski definition) is 4. The molecule has 2 rings (SSSR count). The van der Waals surface area contributed by atoms with Crippen molar-refractivity contribution in [2.24, 2.45) is 5.92 Å². The van der Waals surface area contributed by atoms with Gasteiger partial charge in [0, 0.05) is 26.3 Å². The van der Waals surface area contributed by atoms with Crippen molar-refractivity contribution in [3.8, 4) is 0 Å². The van der Waals surface area contributed by atoms with Gasteiger partial charge in [0.25, 0.3) is 0 Å². The van der Waals surface area contributed by atoms with Gasteiger partial charge in [-0.1, -0.05) is 11.3 Å². The van der Waals surface area contributed by atoms with E-state index in [2.05, 4.69) is 4.98 Å². The molecule has 0 atom stereocenters. The molecular weight excluding hydrogens is 277 g/mol. The zero-order chi connectivity index (χ0) is 13.9. The number of ether oxygens (including phenoxy) is 1. The highest BCUT2D eigenvalue weighted by Gasteiger charge is 2.34. The zero-order valence-corrected chi connectivity index (χ0v) is 11.6. The van der Waals surface area contributed by atoms with Crippen LogP contribution in [0, 0.1) is 5.92 Å². The van der Waals surface area contributed by atoms with Gasteiger partial charge in [0.15, 0.2) is 5.13 Å². The van der Waals surface area contributed by atoms with E-state index in [-0.39, 0.29) is 0 Å². The van der Waals surface area contributed by atoms with Gasteiger partial charge in [0.1, 0.15) is 4.88 Å². The molecule has 1 aliphatic rings. The van der Waals surface area contributed by atoms with E-state index in [4.69, 9.17) is 4.74 Å². The summed E-state index contributed by atoms with van der Waals surface area (Å²) in [6, 6.07) is 0. The minimum Gasteiger partial charge on any atom is -0.381 e. The Balaban J connectivity index is 1.89. The first-order valence-electron chi connectivity index (χ1n) is 6.36. The van der Waals surface area contributed by atoms with Gasteiger partial charge in [0.05, 0.1) is 6.20 Å². The molecule has 7 heteroatoms. The first-order chi connectivity index (χ1) is 9.00. The largest absolute Gasteiger partial charge is 0.427 e. The first-order valence-corrected chi connectivity index (χ1v) is 7.18. The third kappa shape index (κ3) is 3.82. The summed E-state index contributed by atoms with van der Waals surface area (Å²) in [5.41, 5.74) is 0. The molecule has 1 saturated heterocycles. The van der Waals surface area contributed by atoms with Gasteiger partial charge in [0.2, 0.25) is 0 Å². The van der Waals surface area contributed by atoms with Crippen molar-refractivity contribution in [1.82, 2.24) is 4.98 Å². The number of halogens is 3. The second-order valence-electron chi connectivity index (χ2n) is 4.59. The molecule has 108 valence electrons. The van der Waals surface area contributed by atoms with E-state index in [1.165, 1.54) is 0 Å². The highest BCUT2D eigenvalue weighted by molar-refractivity contribution is 7.15. The second kappa shape index (κ2) is 6.09. The second-order valence-corrected chi connectivity index (χ2v) is 5.60. The lowest BCUT2D eigenvalue weighted by atomic mass is 9.98. The van der Waals surface area contributed by atoms with Crippen molar-refractivity contribution < 1.29 is 17.9 Å². The van der Waals surface area contributed by atoms with Crippen LogP contribution >= 0.6 is 11.3 Å². The Morgan fingerprint density at radius 1 is 1.42 bits per heavy atom. The average Bonchev–Trinajstić information content (AvgIpc) is 2.86. The molecule has 0 radical (unpaired) electrons. The molecule has 0 spiro atoms. The molecule has 1 fully saturated rings. The number of rotatable bonds is 4. The van der Waals surface area contributed by atoms with Crippen LogP contribution in [0.25, 0.3) is 0 Å². The molecule has 19 heavy (non-hydrogen) atoms. The lowest BCUT2D eigenvalue weighted by Crippen LogP contribution is -2.35. The van der Waals surface area contributed by atoms with Gasteiger partial charge >= 0.3 is 6.18 Å². The molecule has 0 aromatic carbocycles. The van der Waals surface area contributed by atoms with E-state index in [1.54, 1.807) is 0 Å². The van der Waals surface area contributed by atoms with E-state index in [1.807, 2.05) is 11.8 Å². The number of alkyl halides is 3. The van der Waals surface area contributed by atoms with E-state index in [0.717, 1.165) is 50.1 Å². The summed E-state index contributed by atoms with van der Waals surface area (Å²) in [4.78, 5) is 5.19. The third-order valence-electron chi connectivity index (χ3n) is 3.22. The highest BCUT2D eigenvalue weighted by atomic mass is 32.1. The molecule has 3 nitrogen and oxygen atoms in total. The molecule has 0 aliphatic carbocycles. The number of piperidine rings is 1. The summed E-state index contributed by atoms with van der Waals surface area (Å²) in [5, 5.41) is 0.474. The molecule has 0 N–H and O–H groups in total. The molecule has 2 heterocycles. The van der Waals surface area contributed by atoms with Crippen molar-refractivity contribution in [2.45, 2.75) is 25.9 Å². The smallest absolute Gasteiger partial charge is 0.381 e. The summed E-state index contributed by atoms with van der Waals surface area (Å²) < 4.78 is 42.9. The molecule has 1 aromatic rings. The fourth-order valence-corrected chi connectivity index (χ4v) is 2.95. The number of anilines is 1. The number of nitrogens with zero attached hydrogens (tertiary/aromatic N) is 2. The van der Waals surface area contributed by atoms with Gasteiger partial charge in [-0.3, -0.25) is 0 Å². The van der Waals surface area contributed by atoms with E-state index in [9.17, 15) is 13.2 Å². The molecule has 1 aromatic heterocycles. The Kier molecular flexibility index (Phi) is 4.67. The van der Waals surface area contributed by atoms with Crippen molar-refractivity contribution in [1.29, 1.82) is 0 Å². The van der Waals surface area contributed by atoms with Crippen LogP contribution in [0.1, 0.15) is 24.6 Å². The van der Waals surface area contributed by atoms with Crippen LogP contribution in [0.3, 0.4) is 0 Å². The summed E-state index contributed by atoms with van der Waals surface area (Å²) >= 11 is 0.724. The molecule has 0 saturated carbocycles. The van der Waals surface area contributed by atoms with Gasteiger partial charge in [-0.25, -0.2) is 4.98 Å². The van der Waals surface area contributed by atoms with Gasteiger partial charge in [-0.15, -0.1) is 0 Å². The van der Waals surface area contributed by atoms with Gasteiger partial charge in [-0.05, 0) is 25.7 Å². The molecular formula is C12H17F3N2OS. The third-order valence-corrected chi connectivity index (χ3v) is 4.32. The van der Waals surface area contributed by atoms with E-state index < -0.39 is 11.1 Å². The normalized spacial score (nSPS) is 18.0. The van der Waals surface area contributed by atoms with Crippen molar-refractivity contribution in [3.05, 3.63) is 11.1 Å². The Labute approximate surface area is 114 Å². The first kappa shape index (κ1) is 14.6. The van der Waals surface area contributed by atoms with Crippen molar-refractivity contribution >= 4 is 16.5 Å². The predicted molar refractivity (Wildman–Crippen MR) is 68.5 cm³/mol. The molecule has 0 unspecified atom stereocenters. The van der Waals surface area contributed by atoms with Crippen LogP contribution in [-0.2, 0) is 10.9 Å². The van der Waals surface area contributed by atoms with E-state index in [0.29, 0.717) is 17.7 Å². The average molecular weight is 294 g/mol. The number of thiazole rings is 1. The van der Waals surface area contributed by atoms with Crippen LogP contribution in [0.15, 0.2) is 6.20 Å². The summed E-state index contributed by atoms with van der Waals surface area (Å²) in [7, 11) is 0. The SMILES string of the molecule is CCOCC1CCN(c2ncc(C(F)(F)F)s2)CC1. The van der Waals surface area contributed by atoms with Crippen LogP contribution < -0.4 is 4.90 Å². The van der Waals surface area contributed by atoms with Crippen LogP contribution in [0.5, 0.6) is 0 Å². The lowest BCUT2D eigenvalue weighted by Gasteiger charge is -2.31. The Hall–Kier alpha value is -0.820. The Morgan fingerprint density at radius 3 is 2.63 bits per heavy atom.